The van der Waals surface area contributed by atoms with Gasteiger partial charge >= 0.3 is 0 Å². The van der Waals surface area contributed by atoms with Crippen molar-refractivity contribution in [2.45, 2.75) is 19.8 Å². The lowest BCUT2D eigenvalue weighted by Crippen LogP contribution is -2.27. The van der Waals surface area contributed by atoms with Crippen LogP contribution >= 0.6 is 22.9 Å². The summed E-state index contributed by atoms with van der Waals surface area (Å²) >= 11 is 7.75. The molecule has 0 radical (unpaired) electrons. The van der Waals surface area contributed by atoms with E-state index in [4.69, 9.17) is 16.3 Å². The van der Waals surface area contributed by atoms with Crippen LogP contribution in [0.15, 0.2) is 23.6 Å². The molecule has 1 aromatic carbocycles. The van der Waals surface area contributed by atoms with Crippen molar-refractivity contribution in [3.05, 3.63) is 34.3 Å². The Morgan fingerprint density at radius 3 is 2.86 bits per heavy atom. The smallest absolute Gasteiger partial charge is 0.273 e. The minimum absolute atomic E-state index is 0.0158. The van der Waals surface area contributed by atoms with Crippen LogP contribution in [0.3, 0.4) is 0 Å². The quantitative estimate of drug-likeness (QED) is 0.844. The first-order valence-electron chi connectivity index (χ1n) is 7.36. The molecule has 0 atom stereocenters. The molecule has 2 aromatic rings. The number of amides is 1. The molecular formula is C16H17ClN2O2S. The molecule has 116 valence electrons. The van der Waals surface area contributed by atoms with Crippen LogP contribution in [-0.2, 0) is 0 Å². The topological polar surface area (TPSA) is 42.4 Å². The van der Waals surface area contributed by atoms with Gasteiger partial charge in [-0.05, 0) is 38.0 Å². The van der Waals surface area contributed by atoms with Crippen molar-refractivity contribution in [1.82, 2.24) is 9.88 Å². The molecule has 0 bridgehead atoms. The molecule has 0 spiro atoms. The summed E-state index contributed by atoms with van der Waals surface area (Å²) in [5.74, 6) is 0.753. The fourth-order valence-electron chi connectivity index (χ4n) is 2.50. The number of carbonyl (C=O) groups excluding carboxylic acids is 1. The maximum atomic E-state index is 12.3. The van der Waals surface area contributed by atoms with E-state index in [1.807, 2.05) is 29.3 Å². The van der Waals surface area contributed by atoms with Gasteiger partial charge in [0.2, 0.25) is 0 Å². The summed E-state index contributed by atoms with van der Waals surface area (Å²) < 4.78 is 5.43. The van der Waals surface area contributed by atoms with Crippen LogP contribution in [-0.4, -0.2) is 35.5 Å². The van der Waals surface area contributed by atoms with E-state index < -0.39 is 0 Å². The van der Waals surface area contributed by atoms with Gasteiger partial charge in [-0.15, -0.1) is 11.3 Å². The molecule has 1 aliphatic rings. The van der Waals surface area contributed by atoms with Gasteiger partial charge < -0.3 is 9.64 Å². The maximum absolute atomic E-state index is 12.3. The third-order valence-corrected chi connectivity index (χ3v) is 4.79. The molecule has 1 fully saturated rings. The van der Waals surface area contributed by atoms with Crippen LogP contribution in [0.4, 0.5) is 0 Å². The van der Waals surface area contributed by atoms with Crippen molar-refractivity contribution in [2.75, 3.05) is 19.7 Å². The molecule has 6 heteroatoms. The number of hydrogen-bond acceptors (Lipinski definition) is 4. The summed E-state index contributed by atoms with van der Waals surface area (Å²) in [4.78, 5) is 18.7. The average molecular weight is 337 g/mol. The Morgan fingerprint density at radius 2 is 2.18 bits per heavy atom. The predicted molar refractivity (Wildman–Crippen MR) is 88.9 cm³/mol. The van der Waals surface area contributed by atoms with Gasteiger partial charge in [-0.3, -0.25) is 4.79 Å². The summed E-state index contributed by atoms with van der Waals surface area (Å²) in [6.45, 7) is 4.19. The molecule has 1 aliphatic heterocycles. The number of ether oxygens (including phenoxy) is 1. The van der Waals surface area contributed by atoms with E-state index in [9.17, 15) is 4.79 Å². The second-order valence-electron chi connectivity index (χ2n) is 5.11. The lowest BCUT2D eigenvalue weighted by Gasteiger charge is -2.12. The predicted octanol–water partition coefficient (Wildman–Crippen LogP) is 4.10. The zero-order chi connectivity index (χ0) is 15.5. The molecule has 3 rings (SSSR count). The highest BCUT2D eigenvalue weighted by Gasteiger charge is 2.22. The lowest BCUT2D eigenvalue weighted by atomic mass is 10.2. The van der Waals surface area contributed by atoms with E-state index in [2.05, 4.69) is 4.98 Å². The SMILES string of the molecule is CCOc1ccc(-c2nc(C(=O)N3CCCC3)cs2)c(Cl)c1. The molecular weight excluding hydrogens is 320 g/mol. The van der Waals surface area contributed by atoms with Crippen molar-refractivity contribution < 1.29 is 9.53 Å². The second-order valence-corrected chi connectivity index (χ2v) is 6.38. The summed E-state index contributed by atoms with van der Waals surface area (Å²) in [5.41, 5.74) is 1.34. The minimum Gasteiger partial charge on any atom is -0.494 e. The fraction of sp³-hybridized carbons (Fsp3) is 0.375. The Kier molecular flexibility index (Phi) is 4.64. The van der Waals surface area contributed by atoms with E-state index in [-0.39, 0.29) is 5.91 Å². The van der Waals surface area contributed by atoms with Crippen LogP contribution < -0.4 is 4.74 Å². The molecule has 1 saturated heterocycles. The van der Waals surface area contributed by atoms with Crippen molar-refractivity contribution >= 4 is 28.8 Å². The standard InChI is InChI=1S/C16H17ClN2O2S/c1-2-21-11-5-6-12(13(17)9-11)15-18-14(10-22-15)16(20)19-7-3-4-8-19/h5-6,9-10H,2-4,7-8H2,1H3. The first-order chi connectivity index (χ1) is 10.7. The van der Waals surface area contributed by atoms with Crippen LogP contribution in [0.1, 0.15) is 30.3 Å². The van der Waals surface area contributed by atoms with Gasteiger partial charge in [0.05, 0.1) is 11.6 Å². The van der Waals surface area contributed by atoms with Crippen LogP contribution in [0.2, 0.25) is 5.02 Å². The molecule has 1 amide bonds. The van der Waals surface area contributed by atoms with Gasteiger partial charge in [-0.1, -0.05) is 11.6 Å². The normalized spacial score (nSPS) is 14.4. The Hall–Kier alpha value is -1.59. The van der Waals surface area contributed by atoms with Gasteiger partial charge in [-0.2, -0.15) is 0 Å². The first kappa shape index (κ1) is 15.3. The van der Waals surface area contributed by atoms with Crippen molar-refractivity contribution in [2.24, 2.45) is 0 Å². The van der Waals surface area contributed by atoms with Gasteiger partial charge in [0.15, 0.2) is 0 Å². The number of carbonyl (C=O) groups is 1. The number of hydrogen-bond donors (Lipinski definition) is 0. The Labute approximate surface area is 138 Å². The summed E-state index contributed by atoms with van der Waals surface area (Å²) in [6.07, 6.45) is 2.15. The number of halogens is 1. The number of likely N-dealkylation sites (tertiary alicyclic amines) is 1. The summed E-state index contributed by atoms with van der Waals surface area (Å²) in [7, 11) is 0. The average Bonchev–Trinajstić information content (AvgIpc) is 3.19. The summed E-state index contributed by atoms with van der Waals surface area (Å²) in [5, 5.41) is 3.15. The van der Waals surface area contributed by atoms with E-state index >= 15 is 0 Å². The van der Waals surface area contributed by atoms with E-state index in [1.54, 1.807) is 6.07 Å². The first-order valence-corrected chi connectivity index (χ1v) is 8.62. The van der Waals surface area contributed by atoms with Gasteiger partial charge in [0, 0.05) is 24.0 Å². The molecule has 4 nitrogen and oxygen atoms in total. The number of aromatic nitrogens is 1. The lowest BCUT2D eigenvalue weighted by molar-refractivity contribution is 0.0788. The number of nitrogens with zero attached hydrogens (tertiary/aromatic N) is 2. The van der Waals surface area contributed by atoms with Gasteiger partial charge in [0.25, 0.3) is 5.91 Å². The third-order valence-electron chi connectivity index (χ3n) is 3.60. The van der Waals surface area contributed by atoms with E-state index in [0.717, 1.165) is 42.3 Å². The number of thiazole rings is 1. The zero-order valence-corrected chi connectivity index (χ0v) is 13.9. The van der Waals surface area contributed by atoms with Gasteiger partial charge in [0.1, 0.15) is 16.5 Å². The molecule has 22 heavy (non-hydrogen) atoms. The van der Waals surface area contributed by atoms with E-state index in [1.165, 1.54) is 11.3 Å². The second kappa shape index (κ2) is 6.67. The Bertz CT molecular complexity index is 681. The van der Waals surface area contributed by atoms with Gasteiger partial charge in [-0.25, -0.2) is 4.98 Å². The van der Waals surface area contributed by atoms with Crippen LogP contribution in [0.5, 0.6) is 5.75 Å². The Morgan fingerprint density at radius 1 is 1.41 bits per heavy atom. The third kappa shape index (κ3) is 3.10. The molecule has 0 N–H and O–H groups in total. The van der Waals surface area contributed by atoms with Crippen LogP contribution in [0, 0.1) is 0 Å². The van der Waals surface area contributed by atoms with Crippen LogP contribution in [0.25, 0.3) is 10.6 Å². The highest BCUT2D eigenvalue weighted by atomic mass is 35.5. The number of benzene rings is 1. The van der Waals surface area contributed by atoms with Crippen molar-refractivity contribution in [1.29, 1.82) is 0 Å². The molecule has 0 saturated carbocycles. The highest BCUT2D eigenvalue weighted by Crippen LogP contribution is 2.33. The molecule has 1 aromatic heterocycles. The monoisotopic (exact) mass is 336 g/mol. The number of rotatable bonds is 4. The Balaban J connectivity index is 1.82. The summed E-state index contributed by atoms with van der Waals surface area (Å²) in [6, 6.07) is 5.54. The maximum Gasteiger partial charge on any atom is 0.273 e. The highest BCUT2D eigenvalue weighted by molar-refractivity contribution is 7.13. The largest absolute Gasteiger partial charge is 0.494 e. The molecule has 2 heterocycles. The van der Waals surface area contributed by atoms with Crippen molar-refractivity contribution in [3.63, 3.8) is 0 Å². The molecule has 0 unspecified atom stereocenters. The molecule has 0 aliphatic carbocycles. The minimum atomic E-state index is 0.0158. The van der Waals surface area contributed by atoms with Crippen molar-refractivity contribution in [3.8, 4) is 16.3 Å². The zero-order valence-electron chi connectivity index (χ0n) is 12.3. The fourth-order valence-corrected chi connectivity index (χ4v) is 3.65. The van der Waals surface area contributed by atoms with E-state index in [0.29, 0.717) is 17.3 Å².